The molecule has 1 unspecified atom stereocenters. The summed E-state index contributed by atoms with van der Waals surface area (Å²) < 4.78 is 0.987. The smallest absolute Gasteiger partial charge is 0.269 e. The molecular formula is C24H24IN3O5. The molecule has 1 saturated carbocycles. The molecule has 1 heterocycles. The maximum Gasteiger partial charge on any atom is 0.269 e. The van der Waals surface area contributed by atoms with E-state index < -0.39 is 16.9 Å². The summed E-state index contributed by atoms with van der Waals surface area (Å²) >= 11 is 2.16. The van der Waals surface area contributed by atoms with Crippen molar-refractivity contribution >= 4 is 51.7 Å². The molecule has 0 bridgehead atoms. The molecule has 2 aromatic rings. The lowest BCUT2D eigenvalue weighted by Crippen LogP contribution is -2.50. The van der Waals surface area contributed by atoms with E-state index in [1.54, 1.807) is 17.0 Å². The number of imide groups is 1. The molecule has 1 aliphatic carbocycles. The summed E-state index contributed by atoms with van der Waals surface area (Å²) in [4.78, 5) is 53.3. The number of anilines is 1. The average molecular weight is 561 g/mol. The highest BCUT2D eigenvalue weighted by atomic mass is 127. The number of rotatable bonds is 5. The highest BCUT2D eigenvalue weighted by molar-refractivity contribution is 14.1. The molecule has 2 fully saturated rings. The highest BCUT2D eigenvalue weighted by Gasteiger charge is 2.46. The van der Waals surface area contributed by atoms with Crippen LogP contribution in [0.25, 0.3) is 0 Å². The maximum atomic E-state index is 13.6. The van der Waals surface area contributed by atoms with E-state index in [-0.39, 0.29) is 35.5 Å². The van der Waals surface area contributed by atoms with Crippen LogP contribution in [0.15, 0.2) is 48.5 Å². The van der Waals surface area contributed by atoms with Crippen LogP contribution in [-0.2, 0) is 9.59 Å². The number of carbonyl (C=O) groups is 3. The van der Waals surface area contributed by atoms with E-state index in [1.165, 1.54) is 29.2 Å². The first-order valence-corrected chi connectivity index (χ1v) is 12.1. The van der Waals surface area contributed by atoms with Crippen molar-refractivity contribution in [3.05, 3.63) is 67.8 Å². The first-order valence-electron chi connectivity index (χ1n) is 11.1. The highest BCUT2D eigenvalue weighted by Crippen LogP contribution is 2.32. The van der Waals surface area contributed by atoms with Crippen LogP contribution in [0.1, 0.15) is 55.3 Å². The van der Waals surface area contributed by atoms with Gasteiger partial charge in [-0.3, -0.25) is 24.5 Å². The van der Waals surface area contributed by atoms with Crippen LogP contribution in [0.5, 0.6) is 0 Å². The molecule has 4 rings (SSSR count). The van der Waals surface area contributed by atoms with Crippen LogP contribution >= 0.6 is 22.6 Å². The van der Waals surface area contributed by atoms with Gasteiger partial charge in [0, 0.05) is 27.3 Å². The van der Waals surface area contributed by atoms with Crippen LogP contribution in [0, 0.1) is 13.7 Å². The zero-order valence-electron chi connectivity index (χ0n) is 18.0. The van der Waals surface area contributed by atoms with Crippen molar-refractivity contribution < 1.29 is 19.3 Å². The van der Waals surface area contributed by atoms with Gasteiger partial charge in [-0.05, 0) is 71.8 Å². The molecule has 9 heteroatoms. The summed E-state index contributed by atoms with van der Waals surface area (Å²) in [5.41, 5.74) is 0.666. The minimum atomic E-state index is -0.887. The first kappa shape index (κ1) is 23.3. The van der Waals surface area contributed by atoms with Gasteiger partial charge in [0.1, 0.15) is 6.04 Å². The number of carbonyl (C=O) groups excluding carboxylic acids is 3. The van der Waals surface area contributed by atoms with Crippen LogP contribution in [0.3, 0.4) is 0 Å². The molecule has 1 saturated heterocycles. The molecule has 1 atom stereocenters. The Morgan fingerprint density at radius 1 is 0.970 bits per heavy atom. The second-order valence-corrected chi connectivity index (χ2v) is 9.67. The lowest BCUT2D eigenvalue weighted by atomic mass is 10.0. The van der Waals surface area contributed by atoms with Crippen molar-refractivity contribution in [1.29, 1.82) is 0 Å². The van der Waals surface area contributed by atoms with Gasteiger partial charge >= 0.3 is 0 Å². The lowest BCUT2D eigenvalue weighted by molar-refractivity contribution is -0.384. The van der Waals surface area contributed by atoms with E-state index >= 15 is 0 Å². The SMILES string of the molecule is O=C1CC(N(C(=O)c2ccc([N+](=O)[O-])cc2)C2CCCCCC2)C(=O)N1c1ccc(I)cc1. The third-order valence-corrected chi connectivity index (χ3v) is 7.04. The fraction of sp³-hybridized carbons (Fsp3) is 0.375. The van der Waals surface area contributed by atoms with E-state index in [9.17, 15) is 24.5 Å². The maximum absolute atomic E-state index is 13.6. The predicted molar refractivity (Wildman–Crippen MR) is 131 cm³/mol. The van der Waals surface area contributed by atoms with Crippen LogP contribution in [0.2, 0.25) is 0 Å². The van der Waals surface area contributed by atoms with Gasteiger partial charge in [-0.2, -0.15) is 0 Å². The summed E-state index contributed by atoms with van der Waals surface area (Å²) in [5, 5.41) is 11.0. The quantitative estimate of drug-likeness (QED) is 0.173. The third-order valence-electron chi connectivity index (χ3n) is 6.32. The number of benzene rings is 2. The molecule has 0 N–H and O–H groups in total. The standard InChI is InChI=1S/C24H24IN3O5/c25-17-9-13-19(14-10-17)27-22(29)15-21(24(27)31)26(18-5-3-1-2-4-6-18)23(30)16-7-11-20(12-8-16)28(32)33/h7-14,18,21H,1-6,15H2. The zero-order chi connectivity index (χ0) is 23.5. The zero-order valence-corrected chi connectivity index (χ0v) is 20.1. The van der Waals surface area contributed by atoms with Gasteiger partial charge in [0.15, 0.2) is 0 Å². The van der Waals surface area contributed by atoms with Crippen molar-refractivity contribution in [3.63, 3.8) is 0 Å². The van der Waals surface area contributed by atoms with E-state index in [0.29, 0.717) is 5.69 Å². The predicted octanol–water partition coefficient (Wildman–Crippen LogP) is 4.70. The first-order chi connectivity index (χ1) is 15.9. The van der Waals surface area contributed by atoms with Crippen LogP contribution in [0.4, 0.5) is 11.4 Å². The molecule has 1 aliphatic heterocycles. The molecule has 33 heavy (non-hydrogen) atoms. The van der Waals surface area contributed by atoms with Crippen molar-refractivity contribution in [1.82, 2.24) is 4.90 Å². The Morgan fingerprint density at radius 3 is 2.15 bits per heavy atom. The molecular weight excluding hydrogens is 537 g/mol. The second kappa shape index (κ2) is 9.98. The van der Waals surface area contributed by atoms with E-state index in [1.807, 2.05) is 12.1 Å². The number of nitrogens with zero attached hydrogens (tertiary/aromatic N) is 3. The molecule has 0 spiro atoms. The number of hydrogen-bond donors (Lipinski definition) is 0. The number of nitro benzene ring substituents is 1. The van der Waals surface area contributed by atoms with Crippen molar-refractivity contribution in [2.75, 3.05) is 4.90 Å². The topological polar surface area (TPSA) is 101 Å². The fourth-order valence-electron chi connectivity index (χ4n) is 4.67. The molecule has 8 nitrogen and oxygen atoms in total. The Labute approximate surface area is 205 Å². The minimum Gasteiger partial charge on any atom is -0.323 e. The van der Waals surface area contributed by atoms with Gasteiger partial charge in [0.2, 0.25) is 5.91 Å². The van der Waals surface area contributed by atoms with Gasteiger partial charge in [-0.15, -0.1) is 0 Å². The molecule has 3 amide bonds. The molecule has 2 aromatic carbocycles. The summed E-state index contributed by atoms with van der Waals surface area (Å²) in [6, 6.07) is 11.5. The number of non-ortho nitro benzene ring substituents is 1. The lowest BCUT2D eigenvalue weighted by Gasteiger charge is -2.35. The minimum absolute atomic E-state index is 0.0694. The molecule has 172 valence electrons. The van der Waals surface area contributed by atoms with E-state index in [2.05, 4.69) is 22.6 Å². The van der Waals surface area contributed by atoms with Crippen LogP contribution in [-0.4, -0.2) is 39.6 Å². The van der Waals surface area contributed by atoms with E-state index in [0.717, 1.165) is 42.1 Å². The Morgan fingerprint density at radius 2 is 1.58 bits per heavy atom. The Hall–Kier alpha value is -2.82. The van der Waals surface area contributed by atoms with Crippen molar-refractivity contribution in [2.24, 2.45) is 0 Å². The summed E-state index contributed by atoms with van der Waals surface area (Å²) in [6.45, 7) is 0. The van der Waals surface area contributed by atoms with Crippen molar-refractivity contribution in [3.8, 4) is 0 Å². The summed E-state index contributed by atoms with van der Waals surface area (Å²) in [6.07, 6.45) is 5.50. The van der Waals surface area contributed by atoms with Gasteiger partial charge in [0.25, 0.3) is 17.5 Å². The monoisotopic (exact) mass is 561 g/mol. The number of amides is 3. The summed E-state index contributed by atoms with van der Waals surface area (Å²) in [5.74, 6) is -1.10. The van der Waals surface area contributed by atoms with Crippen molar-refractivity contribution in [2.45, 2.75) is 57.0 Å². The average Bonchev–Trinajstić information content (AvgIpc) is 2.97. The van der Waals surface area contributed by atoms with Crippen LogP contribution < -0.4 is 4.90 Å². The third kappa shape index (κ3) is 4.92. The molecule has 0 radical (unpaired) electrons. The molecule has 2 aliphatic rings. The van der Waals surface area contributed by atoms with Gasteiger partial charge in [0.05, 0.1) is 17.0 Å². The Kier molecular flexibility index (Phi) is 7.06. The largest absolute Gasteiger partial charge is 0.323 e. The normalized spacial score (nSPS) is 19.4. The summed E-state index contributed by atoms with van der Waals surface area (Å²) in [7, 11) is 0. The molecule has 0 aromatic heterocycles. The number of halogens is 1. The number of hydrogen-bond acceptors (Lipinski definition) is 5. The Bertz CT molecular complexity index is 1060. The van der Waals surface area contributed by atoms with Gasteiger partial charge in [-0.25, -0.2) is 4.90 Å². The number of nitro groups is 1. The fourth-order valence-corrected chi connectivity index (χ4v) is 5.03. The Balaban J connectivity index is 1.67. The van der Waals surface area contributed by atoms with Gasteiger partial charge in [-0.1, -0.05) is 25.7 Å². The van der Waals surface area contributed by atoms with E-state index in [4.69, 9.17) is 0 Å². The second-order valence-electron chi connectivity index (χ2n) is 8.43. The van der Waals surface area contributed by atoms with Gasteiger partial charge < -0.3 is 4.90 Å².